The molecule has 244 valence electrons. The fourth-order valence-electron chi connectivity index (χ4n) is 5.93. The lowest BCUT2D eigenvalue weighted by molar-refractivity contribution is -0.140. The fraction of sp³-hybridized carbons (Fsp3) is 0.257. The standard InChI is InChI=1S/C35H37ClN6O5/c1-20(32(38)44)31(25-8-2-4-9-26(25)36)41-33(45)29(18-22-19-39-28-10-5-3-7-24(22)28)40-34(46)30-11-6-16-42(30)35(47)27(37)17-21-12-14-23(43)15-13-21/h2-5,7-10,12-15,19,27,29-31,39,43H,1,6,11,16-18,37H2,(H2,38,44)(H,40,46)(H,41,45)/t27-,29-,30-,31-/m0/s1. The van der Waals surface area contributed by atoms with Crippen LogP contribution in [0.3, 0.4) is 0 Å². The highest BCUT2D eigenvalue weighted by atomic mass is 35.5. The number of hydrogen-bond donors (Lipinski definition) is 6. The number of phenolic OH excluding ortho intramolecular Hbond substituents is 1. The van der Waals surface area contributed by atoms with Crippen LogP contribution in [0.25, 0.3) is 10.9 Å². The maximum Gasteiger partial charge on any atom is 0.246 e. The highest BCUT2D eigenvalue weighted by Crippen LogP contribution is 2.28. The topological polar surface area (TPSA) is 184 Å². The van der Waals surface area contributed by atoms with E-state index in [-0.39, 0.29) is 30.1 Å². The zero-order chi connectivity index (χ0) is 33.7. The van der Waals surface area contributed by atoms with E-state index in [1.165, 1.54) is 17.0 Å². The highest BCUT2D eigenvalue weighted by molar-refractivity contribution is 6.31. The Labute approximate surface area is 276 Å². The molecule has 2 heterocycles. The van der Waals surface area contributed by atoms with Gasteiger partial charge in [-0.15, -0.1) is 0 Å². The second-order valence-electron chi connectivity index (χ2n) is 11.6. The van der Waals surface area contributed by atoms with Crippen molar-refractivity contribution in [3.63, 3.8) is 0 Å². The number of amides is 4. The molecule has 5 rings (SSSR count). The minimum atomic E-state index is -1.12. The Balaban J connectivity index is 1.39. The van der Waals surface area contributed by atoms with Crippen LogP contribution in [0.4, 0.5) is 0 Å². The molecule has 0 saturated carbocycles. The average molecular weight is 657 g/mol. The Kier molecular flexibility index (Phi) is 10.3. The minimum Gasteiger partial charge on any atom is -0.508 e. The van der Waals surface area contributed by atoms with Gasteiger partial charge >= 0.3 is 0 Å². The van der Waals surface area contributed by atoms with Gasteiger partial charge in [-0.1, -0.05) is 66.7 Å². The summed E-state index contributed by atoms with van der Waals surface area (Å²) in [6.45, 7) is 4.14. The summed E-state index contributed by atoms with van der Waals surface area (Å²) >= 11 is 6.43. The van der Waals surface area contributed by atoms with Gasteiger partial charge in [0.05, 0.1) is 12.1 Å². The first kappa shape index (κ1) is 33.2. The van der Waals surface area contributed by atoms with Gasteiger partial charge in [0.1, 0.15) is 17.8 Å². The number of aromatic hydroxyl groups is 1. The number of nitrogens with zero attached hydrogens (tertiary/aromatic N) is 1. The number of halogens is 1. The van der Waals surface area contributed by atoms with E-state index in [1.807, 2.05) is 24.3 Å². The number of primary amides is 1. The Hall–Kier alpha value is -5.13. The van der Waals surface area contributed by atoms with Crippen LogP contribution in [0.1, 0.15) is 35.6 Å². The summed E-state index contributed by atoms with van der Waals surface area (Å²) < 4.78 is 0. The number of H-pyrrole nitrogens is 1. The Morgan fingerprint density at radius 1 is 1.00 bits per heavy atom. The molecule has 4 amide bonds. The summed E-state index contributed by atoms with van der Waals surface area (Å²) in [7, 11) is 0. The second kappa shape index (κ2) is 14.5. The zero-order valence-electron chi connectivity index (χ0n) is 25.6. The fourth-order valence-corrected chi connectivity index (χ4v) is 6.18. The van der Waals surface area contributed by atoms with E-state index >= 15 is 0 Å². The van der Waals surface area contributed by atoms with Crippen molar-refractivity contribution in [3.05, 3.63) is 113 Å². The molecule has 12 heteroatoms. The minimum absolute atomic E-state index is 0.0844. The van der Waals surface area contributed by atoms with Crippen LogP contribution in [0.5, 0.6) is 5.75 Å². The molecule has 1 aliphatic rings. The van der Waals surface area contributed by atoms with Crippen molar-refractivity contribution < 1.29 is 24.3 Å². The molecule has 4 aromatic rings. The lowest BCUT2D eigenvalue weighted by Gasteiger charge is -2.29. The summed E-state index contributed by atoms with van der Waals surface area (Å²) in [4.78, 5) is 58.2. The van der Waals surface area contributed by atoms with E-state index in [4.69, 9.17) is 23.1 Å². The van der Waals surface area contributed by atoms with Gasteiger partial charge in [0, 0.05) is 40.7 Å². The third-order valence-electron chi connectivity index (χ3n) is 8.45. The number of rotatable bonds is 12. The maximum absolute atomic E-state index is 14.0. The number of likely N-dealkylation sites (tertiary alicyclic amines) is 1. The van der Waals surface area contributed by atoms with Gasteiger partial charge in [-0.05, 0) is 60.2 Å². The zero-order valence-corrected chi connectivity index (χ0v) is 26.4. The number of aromatic nitrogens is 1. The van der Waals surface area contributed by atoms with Crippen LogP contribution >= 0.6 is 11.6 Å². The first-order valence-corrected chi connectivity index (χ1v) is 15.6. The van der Waals surface area contributed by atoms with Gasteiger partial charge in [-0.3, -0.25) is 19.2 Å². The van der Waals surface area contributed by atoms with Crippen molar-refractivity contribution in [2.24, 2.45) is 11.5 Å². The molecule has 0 aliphatic carbocycles. The largest absolute Gasteiger partial charge is 0.508 e. The van der Waals surface area contributed by atoms with Gasteiger partial charge in [0.15, 0.2) is 0 Å². The molecule has 4 atom stereocenters. The summed E-state index contributed by atoms with van der Waals surface area (Å²) in [6.07, 6.45) is 3.08. The number of carbonyl (C=O) groups is 4. The van der Waals surface area contributed by atoms with Crippen molar-refractivity contribution in [1.29, 1.82) is 0 Å². The van der Waals surface area contributed by atoms with Gasteiger partial charge in [-0.2, -0.15) is 0 Å². The Bertz CT molecular complexity index is 1810. The molecule has 0 spiro atoms. The van der Waals surface area contributed by atoms with E-state index in [0.29, 0.717) is 30.0 Å². The Morgan fingerprint density at radius 2 is 1.70 bits per heavy atom. The molecule has 1 aliphatic heterocycles. The number of benzene rings is 3. The molecule has 1 fully saturated rings. The smallest absolute Gasteiger partial charge is 0.246 e. The molecule has 0 unspecified atom stereocenters. The summed E-state index contributed by atoms with van der Waals surface area (Å²) in [5.74, 6) is -2.21. The molecular weight excluding hydrogens is 620 g/mol. The molecule has 1 saturated heterocycles. The molecular formula is C35H37ClN6O5. The predicted molar refractivity (Wildman–Crippen MR) is 179 cm³/mol. The predicted octanol–water partition coefficient (Wildman–Crippen LogP) is 3.01. The maximum atomic E-state index is 14.0. The normalized spacial score (nSPS) is 16.3. The van der Waals surface area contributed by atoms with Crippen molar-refractivity contribution >= 4 is 46.1 Å². The average Bonchev–Trinajstić information content (AvgIpc) is 3.72. The lowest BCUT2D eigenvalue weighted by Crippen LogP contribution is -2.56. The van der Waals surface area contributed by atoms with Gasteiger partial charge in [0.2, 0.25) is 23.6 Å². The number of nitrogens with one attached hydrogen (secondary N) is 3. The van der Waals surface area contributed by atoms with E-state index in [1.54, 1.807) is 42.6 Å². The molecule has 0 radical (unpaired) electrons. The summed E-state index contributed by atoms with van der Waals surface area (Å²) in [5.41, 5.74) is 14.6. The number of hydrogen-bond acceptors (Lipinski definition) is 6. The number of nitrogens with two attached hydrogens (primary N) is 2. The molecule has 11 nitrogen and oxygen atoms in total. The van der Waals surface area contributed by atoms with Gasteiger partial charge in [0.25, 0.3) is 0 Å². The number of aromatic amines is 1. The van der Waals surface area contributed by atoms with Crippen molar-refractivity contribution in [3.8, 4) is 5.75 Å². The quantitative estimate of drug-likeness (QED) is 0.127. The lowest BCUT2D eigenvalue weighted by atomic mass is 9.97. The molecule has 3 aromatic carbocycles. The monoisotopic (exact) mass is 656 g/mol. The first-order chi connectivity index (χ1) is 22.5. The van der Waals surface area contributed by atoms with Crippen LogP contribution in [-0.4, -0.2) is 63.3 Å². The van der Waals surface area contributed by atoms with Crippen LogP contribution in [-0.2, 0) is 32.0 Å². The number of fused-ring (bicyclic) bond motifs is 1. The number of para-hydroxylation sites is 1. The summed E-state index contributed by atoms with van der Waals surface area (Å²) in [5, 5.41) is 16.4. The van der Waals surface area contributed by atoms with E-state index in [0.717, 1.165) is 22.0 Å². The van der Waals surface area contributed by atoms with Crippen LogP contribution in [0.15, 0.2) is 91.1 Å². The van der Waals surface area contributed by atoms with Gasteiger partial charge < -0.3 is 37.1 Å². The molecule has 0 bridgehead atoms. The molecule has 47 heavy (non-hydrogen) atoms. The van der Waals surface area contributed by atoms with Crippen molar-refractivity contribution in [2.75, 3.05) is 6.54 Å². The van der Waals surface area contributed by atoms with Crippen LogP contribution in [0, 0.1) is 0 Å². The molecule has 8 N–H and O–H groups in total. The Morgan fingerprint density at radius 3 is 2.43 bits per heavy atom. The second-order valence-corrected chi connectivity index (χ2v) is 12.1. The number of phenols is 1. The third kappa shape index (κ3) is 7.65. The summed E-state index contributed by atoms with van der Waals surface area (Å²) in [6, 6.07) is 16.8. The van der Waals surface area contributed by atoms with E-state index in [2.05, 4.69) is 22.2 Å². The van der Waals surface area contributed by atoms with E-state index < -0.39 is 41.9 Å². The van der Waals surface area contributed by atoms with Crippen molar-refractivity contribution in [2.45, 2.75) is 49.9 Å². The number of carbonyl (C=O) groups excluding carboxylic acids is 4. The third-order valence-corrected chi connectivity index (χ3v) is 8.79. The van der Waals surface area contributed by atoms with Gasteiger partial charge in [-0.25, -0.2) is 0 Å². The highest BCUT2D eigenvalue weighted by Gasteiger charge is 2.38. The molecule has 1 aromatic heterocycles. The van der Waals surface area contributed by atoms with Crippen molar-refractivity contribution in [1.82, 2.24) is 20.5 Å². The van der Waals surface area contributed by atoms with Crippen LogP contribution in [0.2, 0.25) is 5.02 Å². The first-order valence-electron chi connectivity index (χ1n) is 15.3. The van der Waals surface area contributed by atoms with Crippen LogP contribution < -0.4 is 22.1 Å². The SMILES string of the molecule is C=C(C(N)=O)[C@H](NC(=O)[C@H](Cc1c[nH]c2ccccc12)NC(=O)[C@@H]1CCCN1C(=O)[C@@H](N)Cc1ccc(O)cc1)c1ccccc1Cl. The van der Waals surface area contributed by atoms with E-state index in [9.17, 15) is 24.3 Å².